The Morgan fingerprint density at radius 1 is 1.27 bits per heavy atom. The Bertz CT molecular complexity index is 821. The van der Waals surface area contributed by atoms with E-state index in [9.17, 15) is 9.59 Å². The first-order valence-corrected chi connectivity index (χ1v) is 9.26. The van der Waals surface area contributed by atoms with Crippen LogP contribution in [0.3, 0.4) is 0 Å². The lowest BCUT2D eigenvalue weighted by atomic mass is 9.59. The number of hydrogen-bond acceptors (Lipinski definition) is 3. The smallest absolute Gasteiger partial charge is 0.253 e. The van der Waals surface area contributed by atoms with Gasteiger partial charge in [-0.3, -0.25) is 9.59 Å². The Hall–Kier alpha value is -2.34. The number of nitrogens with one attached hydrogen (secondary N) is 2. The lowest BCUT2D eigenvalue weighted by Gasteiger charge is -2.54. The predicted molar refractivity (Wildman–Crippen MR) is 98.9 cm³/mol. The lowest BCUT2D eigenvalue weighted by Crippen LogP contribution is -2.60. The van der Waals surface area contributed by atoms with Crippen LogP contribution in [-0.2, 0) is 9.53 Å². The molecular formula is C20H25N3O3. The molecule has 6 heteroatoms. The number of benzene rings is 1. The fourth-order valence-electron chi connectivity index (χ4n) is 4.41. The first kappa shape index (κ1) is 17.1. The molecule has 1 saturated heterocycles. The van der Waals surface area contributed by atoms with Crippen LogP contribution in [0, 0.1) is 5.41 Å². The molecule has 1 unspecified atom stereocenters. The van der Waals surface area contributed by atoms with Crippen molar-refractivity contribution in [3.8, 4) is 0 Å². The number of carbonyl (C=O) groups excluding carboxylic acids is 2. The molecule has 1 atom stereocenters. The highest BCUT2D eigenvalue weighted by Gasteiger charge is 2.49. The summed E-state index contributed by atoms with van der Waals surface area (Å²) in [7, 11) is 1.53. The zero-order valence-electron chi connectivity index (χ0n) is 15.1. The van der Waals surface area contributed by atoms with Crippen LogP contribution in [0.5, 0.6) is 0 Å². The molecule has 1 spiro atoms. The van der Waals surface area contributed by atoms with E-state index in [4.69, 9.17) is 4.74 Å². The van der Waals surface area contributed by atoms with Gasteiger partial charge in [0.05, 0.1) is 0 Å². The standard InChI is InChI=1S/C20H25N3O3/c1-26-13-18(24)22-17-4-6-20(17)7-10-23(11-8-20)19(25)15-2-3-16-14(12-15)5-9-21-16/h2-3,5,9,12,17,21H,4,6-8,10-11,13H2,1H3,(H,22,24). The zero-order valence-corrected chi connectivity index (χ0v) is 15.1. The summed E-state index contributed by atoms with van der Waals surface area (Å²) in [6.07, 6.45) is 5.93. The van der Waals surface area contributed by atoms with E-state index in [1.807, 2.05) is 35.4 Å². The van der Waals surface area contributed by atoms with Gasteiger partial charge in [-0.05, 0) is 55.4 Å². The first-order valence-electron chi connectivity index (χ1n) is 9.26. The van der Waals surface area contributed by atoms with Gasteiger partial charge >= 0.3 is 0 Å². The average molecular weight is 355 g/mol. The maximum atomic E-state index is 12.9. The predicted octanol–water partition coefficient (Wildman–Crippen LogP) is 2.32. The van der Waals surface area contributed by atoms with E-state index in [-0.39, 0.29) is 29.9 Å². The van der Waals surface area contributed by atoms with Gasteiger partial charge in [-0.15, -0.1) is 0 Å². The van der Waals surface area contributed by atoms with E-state index in [1.165, 1.54) is 7.11 Å². The Balaban J connectivity index is 1.38. The molecule has 2 N–H and O–H groups in total. The van der Waals surface area contributed by atoms with E-state index in [2.05, 4.69) is 10.3 Å². The van der Waals surface area contributed by atoms with Crippen molar-refractivity contribution in [1.29, 1.82) is 0 Å². The van der Waals surface area contributed by atoms with Crippen LogP contribution in [-0.4, -0.2) is 54.5 Å². The Labute approximate surface area is 152 Å². The molecule has 4 rings (SSSR count). The number of hydrogen-bond donors (Lipinski definition) is 2. The molecule has 1 aromatic carbocycles. The third-order valence-corrected chi connectivity index (χ3v) is 6.13. The number of rotatable bonds is 4. The van der Waals surface area contributed by atoms with Crippen molar-refractivity contribution in [2.45, 2.75) is 31.7 Å². The molecule has 0 radical (unpaired) electrons. The van der Waals surface area contributed by atoms with E-state index < -0.39 is 0 Å². The number of methoxy groups -OCH3 is 1. The van der Waals surface area contributed by atoms with Crippen molar-refractivity contribution >= 4 is 22.7 Å². The molecule has 6 nitrogen and oxygen atoms in total. The molecule has 2 heterocycles. The summed E-state index contributed by atoms with van der Waals surface area (Å²) in [4.78, 5) is 29.8. The summed E-state index contributed by atoms with van der Waals surface area (Å²) in [6, 6.07) is 8.01. The van der Waals surface area contributed by atoms with E-state index >= 15 is 0 Å². The summed E-state index contributed by atoms with van der Waals surface area (Å²) in [5.41, 5.74) is 1.94. The summed E-state index contributed by atoms with van der Waals surface area (Å²) in [5, 5.41) is 4.16. The largest absolute Gasteiger partial charge is 0.375 e. The normalized spacial score (nSPS) is 21.6. The molecule has 1 aliphatic carbocycles. The molecule has 2 amide bonds. The number of aromatic amines is 1. The van der Waals surface area contributed by atoms with Gasteiger partial charge in [0.25, 0.3) is 5.91 Å². The van der Waals surface area contributed by atoms with Crippen LogP contribution in [0.25, 0.3) is 10.9 Å². The van der Waals surface area contributed by atoms with Gasteiger partial charge in [-0.25, -0.2) is 0 Å². The summed E-state index contributed by atoms with van der Waals surface area (Å²) in [5.74, 6) is 0.0529. The van der Waals surface area contributed by atoms with Crippen LogP contribution in [0.2, 0.25) is 0 Å². The fraction of sp³-hybridized carbons (Fsp3) is 0.500. The zero-order chi connectivity index (χ0) is 18.1. The molecule has 0 bridgehead atoms. The SMILES string of the molecule is COCC(=O)NC1CCC12CCN(C(=O)c1ccc3[nH]ccc3c1)CC2. The van der Waals surface area contributed by atoms with Gasteiger partial charge in [0.2, 0.25) is 5.91 Å². The Morgan fingerprint density at radius 3 is 2.77 bits per heavy atom. The molecule has 2 aliphatic rings. The van der Waals surface area contributed by atoms with Gasteiger partial charge in [0, 0.05) is 48.9 Å². The fourth-order valence-corrected chi connectivity index (χ4v) is 4.41. The number of carbonyl (C=O) groups is 2. The van der Waals surface area contributed by atoms with E-state index in [1.54, 1.807) is 0 Å². The molecule has 2 fully saturated rings. The number of H-pyrrole nitrogens is 1. The van der Waals surface area contributed by atoms with Crippen molar-refractivity contribution in [3.63, 3.8) is 0 Å². The number of fused-ring (bicyclic) bond motifs is 1. The average Bonchev–Trinajstić information content (AvgIpc) is 3.13. The monoisotopic (exact) mass is 355 g/mol. The van der Waals surface area contributed by atoms with Crippen molar-refractivity contribution in [2.24, 2.45) is 5.41 Å². The highest BCUT2D eigenvalue weighted by atomic mass is 16.5. The third kappa shape index (κ3) is 2.98. The van der Waals surface area contributed by atoms with Gasteiger partial charge in [-0.1, -0.05) is 0 Å². The second-order valence-corrected chi connectivity index (χ2v) is 7.53. The van der Waals surface area contributed by atoms with Crippen molar-refractivity contribution in [3.05, 3.63) is 36.0 Å². The third-order valence-electron chi connectivity index (χ3n) is 6.13. The number of nitrogens with zero attached hydrogens (tertiary/aromatic N) is 1. The first-order chi connectivity index (χ1) is 12.6. The van der Waals surface area contributed by atoms with Gasteiger partial charge < -0.3 is 19.9 Å². The minimum absolute atomic E-state index is 0.0464. The number of aromatic nitrogens is 1. The molecule has 2 aromatic rings. The minimum Gasteiger partial charge on any atom is -0.375 e. The lowest BCUT2D eigenvalue weighted by molar-refractivity contribution is -0.129. The summed E-state index contributed by atoms with van der Waals surface area (Å²) in [6.45, 7) is 1.61. The highest BCUT2D eigenvalue weighted by Crippen LogP contribution is 2.49. The summed E-state index contributed by atoms with van der Waals surface area (Å²) < 4.78 is 4.90. The molecule has 26 heavy (non-hydrogen) atoms. The topological polar surface area (TPSA) is 74.4 Å². The molecule has 138 valence electrons. The van der Waals surface area contributed by atoms with E-state index in [0.29, 0.717) is 0 Å². The maximum absolute atomic E-state index is 12.9. The number of piperidine rings is 1. The Kier molecular flexibility index (Phi) is 4.44. The number of likely N-dealkylation sites (tertiary alicyclic amines) is 1. The maximum Gasteiger partial charge on any atom is 0.253 e. The van der Waals surface area contributed by atoms with Crippen molar-refractivity contribution < 1.29 is 14.3 Å². The van der Waals surface area contributed by atoms with Gasteiger partial charge in [0.15, 0.2) is 0 Å². The molecule has 1 saturated carbocycles. The van der Waals surface area contributed by atoms with Gasteiger partial charge in [0.1, 0.15) is 6.61 Å². The second-order valence-electron chi connectivity index (χ2n) is 7.53. The van der Waals surface area contributed by atoms with Crippen LogP contribution in [0.15, 0.2) is 30.5 Å². The number of amides is 2. The summed E-state index contributed by atoms with van der Waals surface area (Å²) >= 11 is 0. The van der Waals surface area contributed by atoms with E-state index in [0.717, 1.165) is 55.2 Å². The van der Waals surface area contributed by atoms with Crippen LogP contribution in [0.1, 0.15) is 36.0 Å². The van der Waals surface area contributed by atoms with Crippen LogP contribution in [0.4, 0.5) is 0 Å². The molecular weight excluding hydrogens is 330 g/mol. The minimum atomic E-state index is -0.0464. The Morgan fingerprint density at radius 2 is 2.08 bits per heavy atom. The van der Waals surface area contributed by atoms with Gasteiger partial charge in [-0.2, -0.15) is 0 Å². The second kappa shape index (κ2) is 6.76. The molecule has 1 aliphatic heterocycles. The van der Waals surface area contributed by atoms with Crippen molar-refractivity contribution in [1.82, 2.24) is 15.2 Å². The van der Waals surface area contributed by atoms with Crippen molar-refractivity contribution in [2.75, 3.05) is 26.8 Å². The highest BCUT2D eigenvalue weighted by molar-refractivity contribution is 5.98. The quantitative estimate of drug-likeness (QED) is 0.884. The van der Waals surface area contributed by atoms with Crippen LogP contribution < -0.4 is 5.32 Å². The number of ether oxygens (including phenoxy) is 1. The van der Waals surface area contributed by atoms with Crippen LogP contribution >= 0.6 is 0 Å². The molecule has 1 aromatic heterocycles.